The molecule has 3 heteroatoms. The molecule has 0 aliphatic rings. The minimum absolute atomic E-state index is 0.330. The third-order valence-electron chi connectivity index (χ3n) is 5.38. The van der Waals surface area contributed by atoms with Crippen LogP contribution in [0.2, 0.25) is 0 Å². The van der Waals surface area contributed by atoms with E-state index in [9.17, 15) is 4.79 Å². The second-order valence-corrected chi connectivity index (χ2v) is 6.99. The van der Waals surface area contributed by atoms with Gasteiger partial charge in [0, 0.05) is 22.4 Å². The van der Waals surface area contributed by atoms with E-state index in [0.717, 1.165) is 27.3 Å². The molecular weight excluding hydrogens is 348 g/mol. The zero-order valence-electron chi connectivity index (χ0n) is 14.8. The Morgan fingerprint density at radius 3 is 2.29 bits per heavy atom. The summed E-state index contributed by atoms with van der Waals surface area (Å²) in [5.74, 6) is 0. The first-order valence-electron chi connectivity index (χ1n) is 9.14. The Bertz CT molecular complexity index is 1580. The molecule has 28 heavy (non-hydrogen) atoms. The van der Waals surface area contributed by atoms with Gasteiger partial charge in [0.1, 0.15) is 11.2 Å². The molecule has 0 unspecified atom stereocenters. The van der Waals surface area contributed by atoms with E-state index < -0.39 is 0 Å². The molecule has 0 aliphatic heterocycles. The number of furan rings is 1. The van der Waals surface area contributed by atoms with Gasteiger partial charge in [-0.2, -0.15) is 0 Å². The van der Waals surface area contributed by atoms with Gasteiger partial charge in [0.25, 0.3) is 0 Å². The van der Waals surface area contributed by atoms with E-state index in [1.807, 2.05) is 36.4 Å². The fraction of sp³-hybridized carbons (Fsp3) is 0. The summed E-state index contributed by atoms with van der Waals surface area (Å²) in [6, 6.07) is 26.1. The van der Waals surface area contributed by atoms with Crippen LogP contribution in [0.5, 0.6) is 0 Å². The molecule has 0 bridgehead atoms. The molecule has 0 amide bonds. The van der Waals surface area contributed by atoms with E-state index in [4.69, 9.17) is 8.83 Å². The monoisotopic (exact) mass is 362 g/mol. The normalized spacial score (nSPS) is 11.7. The molecule has 2 aromatic heterocycles. The third kappa shape index (κ3) is 2.13. The average Bonchev–Trinajstić information content (AvgIpc) is 3.15. The molecule has 0 N–H and O–H groups in total. The number of rotatable bonds is 1. The van der Waals surface area contributed by atoms with Crippen molar-refractivity contribution >= 4 is 43.5 Å². The van der Waals surface area contributed by atoms with Crippen molar-refractivity contribution in [2.75, 3.05) is 0 Å². The van der Waals surface area contributed by atoms with Crippen LogP contribution in [0.1, 0.15) is 0 Å². The topological polar surface area (TPSA) is 43.4 Å². The molecule has 6 aromatic rings. The highest BCUT2D eigenvalue weighted by atomic mass is 16.4. The molecule has 0 fully saturated rings. The Labute approximate surface area is 159 Å². The molecular formula is C25H14O3. The fourth-order valence-corrected chi connectivity index (χ4v) is 3.98. The standard InChI is InChI=1S/C25H14O3/c26-25-19-8-4-3-7-18(19)20-12-21-22(14-27-23(21)13-24(20)28-25)17-10-9-15-5-1-2-6-16(15)11-17/h1-14H. The summed E-state index contributed by atoms with van der Waals surface area (Å²) in [4.78, 5) is 12.3. The van der Waals surface area contributed by atoms with Crippen LogP contribution in [0, 0.1) is 0 Å². The summed E-state index contributed by atoms with van der Waals surface area (Å²) in [5, 5.41) is 5.78. The molecule has 0 atom stereocenters. The van der Waals surface area contributed by atoms with Gasteiger partial charge >= 0.3 is 5.63 Å². The van der Waals surface area contributed by atoms with Crippen molar-refractivity contribution in [1.82, 2.24) is 0 Å². The molecule has 2 heterocycles. The first-order valence-corrected chi connectivity index (χ1v) is 9.14. The van der Waals surface area contributed by atoms with Crippen molar-refractivity contribution in [2.45, 2.75) is 0 Å². The second-order valence-electron chi connectivity index (χ2n) is 6.99. The lowest BCUT2D eigenvalue weighted by Crippen LogP contribution is -1.99. The first kappa shape index (κ1) is 15.2. The summed E-state index contributed by atoms with van der Waals surface area (Å²) < 4.78 is 11.4. The number of benzene rings is 4. The second kappa shape index (κ2) is 5.57. The van der Waals surface area contributed by atoms with E-state index in [2.05, 4.69) is 36.4 Å². The highest BCUT2D eigenvalue weighted by Gasteiger charge is 2.14. The predicted molar refractivity (Wildman–Crippen MR) is 113 cm³/mol. The maximum absolute atomic E-state index is 12.3. The Hall–Kier alpha value is -3.85. The molecule has 3 nitrogen and oxygen atoms in total. The van der Waals surface area contributed by atoms with Crippen molar-refractivity contribution < 1.29 is 8.83 Å². The molecule has 6 rings (SSSR count). The summed E-state index contributed by atoms with van der Waals surface area (Å²) in [6.07, 6.45) is 1.77. The van der Waals surface area contributed by atoms with Crippen molar-refractivity contribution in [2.24, 2.45) is 0 Å². The van der Waals surface area contributed by atoms with Crippen LogP contribution in [0.3, 0.4) is 0 Å². The number of hydrogen-bond acceptors (Lipinski definition) is 3. The largest absolute Gasteiger partial charge is 0.464 e. The van der Waals surface area contributed by atoms with Crippen LogP contribution >= 0.6 is 0 Å². The van der Waals surface area contributed by atoms with E-state index in [-0.39, 0.29) is 5.63 Å². The Morgan fingerprint density at radius 2 is 1.39 bits per heavy atom. The molecule has 132 valence electrons. The Kier molecular flexibility index (Phi) is 3.03. The Balaban J connectivity index is 1.68. The van der Waals surface area contributed by atoms with Crippen molar-refractivity contribution in [3.63, 3.8) is 0 Å². The highest BCUT2D eigenvalue weighted by molar-refractivity contribution is 6.11. The summed E-state index contributed by atoms with van der Waals surface area (Å²) >= 11 is 0. The van der Waals surface area contributed by atoms with Gasteiger partial charge in [-0.15, -0.1) is 0 Å². The number of hydrogen-bond donors (Lipinski definition) is 0. The summed E-state index contributed by atoms with van der Waals surface area (Å²) in [5.41, 5.74) is 3.03. The minimum atomic E-state index is -0.330. The van der Waals surface area contributed by atoms with Crippen LogP contribution in [-0.2, 0) is 0 Å². The molecule has 0 saturated heterocycles. The van der Waals surface area contributed by atoms with Crippen LogP contribution in [0.4, 0.5) is 0 Å². The maximum Gasteiger partial charge on any atom is 0.344 e. The van der Waals surface area contributed by atoms with Gasteiger partial charge in [0.15, 0.2) is 0 Å². The van der Waals surface area contributed by atoms with Crippen molar-refractivity contribution in [3.8, 4) is 11.1 Å². The first-order chi connectivity index (χ1) is 13.8. The average molecular weight is 362 g/mol. The van der Waals surface area contributed by atoms with Crippen molar-refractivity contribution in [3.05, 3.63) is 95.5 Å². The van der Waals surface area contributed by atoms with Crippen LogP contribution in [0.15, 0.2) is 98.8 Å². The minimum Gasteiger partial charge on any atom is -0.464 e. The van der Waals surface area contributed by atoms with E-state index in [0.29, 0.717) is 16.6 Å². The lowest BCUT2D eigenvalue weighted by atomic mass is 9.99. The molecule has 0 spiro atoms. The fourth-order valence-electron chi connectivity index (χ4n) is 3.98. The van der Waals surface area contributed by atoms with Gasteiger partial charge in [0.05, 0.1) is 11.6 Å². The molecule has 0 saturated carbocycles. The highest BCUT2D eigenvalue weighted by Crippen LogP contribution is 2.36. The predicted octanol–water partition coefficient (Wildman–Crippen LogP) is 6.51. The lowest BCUT2D eigenvalue weighted by molar-refractivity contribution is 0.567. The van der Waals surface area contributed by atoms with Gasteiger partial charge < -0.3 is 8.83 Å². The molecule has 0 radical (unpaired) electrons. The van der Waals surface area contributed by atoms with Crippen LogP contribution in [-0.4, -0.2) is 0 Å². The van der Waals surface area contributed by atoms with Gasteiger partial charge in [0.2, 0.25) is 0 Å². The summed E-state index contributed by atoms with van der Waals surface area (Å²) in [7, 11) is 0. The van der Waals surface area contributed by atoms with Crippen molar-refractivity contribution in [1.29, 1.82) is 0 Å². The zero-order valence-corrected chi connectivity index (χ0v) is 14.8. The summed E-state index contributed by atoms with van der Waals surface area (Å²) in [6.45, 7) is 0. The van der Waals surface area contributed by atoms with E-state index in [1.165, 1.54) is 10.8 Å². The van der Waals surface area contributed by atoms with Crippen LogP contribution < -0.4 is 5.63 Å². The molecule has 4 aromatic carbocycles. The quantitative estimate of drug-likeness (QED) is 0.247. The Morgan fingerprint density at radius 1 is 0.607 bits per heavy atom. The third-order valence-corrected chi connectivity index (χ3v) is 5.38. The smallest absolute Gasteiger partial charge is 0.344 e. The molecule has 0 aliphatic carbocycles. The maximum atomic E-state index is 12.3. The van der Waals surface area contributed by atoms with Gasteiger partial charge in [-0.25, -0.2) is 4.79 Å². The van der Waals surface area contributed by atoms with Gasteiger partial charge in [-0.3, -0.25) is 0 Å². The van der Waals surface area contributed by atoms with E-state index >= 15 is 0 Å². The zero-order chi connectivity index (χ0) is 18.7. The SMILES string of the molecule is O=c1oc2cc3occ(-c4ccc5ccccc5c4)c3cc2c2ccccc12. The van der Waals surface area contributed by atoms with Crippen LogP contribution in [0.25, 0.3) is 54.6 Å². The van der Waals surface area contributed by atoms with Gasteiger partial charge in [-0.05, 0) is 39.9 Å². The number of fused-ring (bicyclic) bond motifs is 5. The van der Waals surface area contributed by atoms with Gasteiger partial charge in [-0.1, -0.05) is 54.6 Å². The lowest BCUT2D eigenvalue weighted by Gasteiger charge is -2.05. The van der Waals surface area contributed by atoms with E-state index in [1.54, 1.807) is 12.3 Å².